The third-order valence-corrected chi connectivity index (χ3v) is 7.17. The fourth-order valence-electron chi connectivity index (χ4n) is 5.33. The van der Waals surface area contributed by atoms with Gasteiger partial charge < -0.3 is 4.74 Å². The van der Waals surface area contributed by atoms with Crippen LogP contribution < -0.4 is 10.1 Å². The van der Waals surface area contributed by atoms with Crippen LogP contribution in [0, 0.1) is 5.92 Å². The van der Waals surface area contributed by atoms with Crippen molar-refractivity contribution in [3.8, 4) is 5.75 Å². The average molecular weight is 455 g/mol. The van der Waals surface area contributed by atoms with E-state index in [1.807, 2.05) is 0 Å². The Morgan fingerprint density at radius 3 is 2.39 bits per heavy atom. The van der Waals surface area contributed by atoms with Crippen LogP contribution in [0.3, 0.4) is 0 Å². The van der Waals surface area contributed by atoms with Crippen LogP contribution in [-0.4, -0.2) is 41.2 Å². The number of fused-ring (bicyclic) bond motifs is 1. The predicted molar refractivity (Wildman–Crippen MR) is 123 cm³/mol. The number of benzene rings is 1. The Morgan fingerprint density at radius 1 is 0.879 bits per heavy atom. The molecule has 1 saturated heterocycles. The molecule has 1 aromatic carbocycles. The highest BCUT2D eigenvalue weighted by Crippen LogP contribution is 2.34. The first-order chi connectivity index (χ1) is 16.1. The van der Waals surface area contributed by atoms with E-state index in [9.17, 15) is 19.2 Å². The number of carbonyl (C=O) groups is 4. The van der Waals surface area contributed by atoms with Crippen LogP contribution in [0.2, 0.25) is 0 Å². The zero-order valence-corrected chi connectivity index (χ0v) is 19.3. The second kappa shape index (κ2) is 10.9. The fraction of sp³-hybridized carbons (Fsp3) is 0.615. The number of nitrogens with zero attached hydrogens (tertiary/aromatic N) is 1. The molecule has 4 amide bonds. The summed E-state index contributed by atoms with van der Waals surface area (Å²) in [4.78, 5) is 50.6. The molecule has 7 nitrogen and oxygen atoms in total. The van der Waals surface area contributed by atoms with Crippen molar-refractivity contribution in [2.45, 2.75) is 89.5 Å². The van der Waals surface area contributed by atoms with Crippen molar-refractivity contribution in [1.29, 1.82) is 0 Å². The number of hydrogen-bond acceptors (Lipinski definition) is 5. The van der Waals surface area contributed by atoms with Crippen molar-refractivity contribution < 1.29 is 23.9 Å². The minimum absolute atomic E-state index is 0.105. The van der Waals surface area contributed by atoms with Crippen molar-refractivity contribution in [2.24, 2.45) is 5.92 Å². The van der Waals surface area contributed by atoms with E-state index in [2.05, 4.69) is 5.32 Å². The Morgan fingerprint density at radius 2 is 1.64 bits per heavy atom. The van der Waals surface area contributed by atoms with E-state index in [-0.39, 0.29) is 29.9 Å². The molecule has 0 spiro atoms. The Bertz CT molecular complexity index is 904. The maximum atomic E-state index is 13.1. The maximum absolute atomic E-state index is 13.1. The van der Waals surface area contributed by atoms with Gasteiger partial charge in [-0.15, -0.1) is 0 Å². The standard InChI is InChI=1S/C26H34N2O5/c29-22-16-15-20(24(30)27-22)28-25(31)19-13-9-14-21(23(19)26(28)32)33-17-8-4-3-7-12-18-10-5-1-2-6-11-18/h9,13-14,18,20H,1-8,10-12,15-17H2,(H,27,29,30). The quantitative estimate of drug-likeness (QED) is 0.339. The molecule has 4 rings (SSSR count). The number of rotatable bonds is 9. The van der Waals surface area contributed by atoms with Gasteiger partial charge >= 0.3 is 0 Å². The fourth-order valence-corrected chi connectivity index (χ4v) is 5.33. The Labute approximate surface area is 195 Å². The summed E-state index contributed by atoms with van der Waals surface area (Å²) in [6, 6.07) is 4.02. The van der Waals surface area contributed by atoms with Gasteiger partial charge in [0.25, 0.3) is 11.8 Å². The van der Waals surface area contributed by atoms with Crippen LogP contribution in [0.5, 0.6) is 5.75 Å². The van der Waals surface area contributed by atoms with E-state index in [0.29, 0.717) is 12.4 Å². The zero-order chi connectivity index (χ0) is 23.2. The average Bonchev–Trinajstić information content (AvgIpc) is 2.96. The molecule has 0 radical (unpaired) electrons. The van der Waals surface area contributed by atoms with Crippen LogP contribution in [0.15, 0.2) is 18.2 Å². The van der Waals surface area contributed by atoms with Gasteiger partial charge in [0.15, 0.2) is 0 Å². The maximum Gasteiger partial charge on any atom is 0.266 e. The number of amides is 4. The van der Waals surface area contributed by atoms with Gasteiger partial charge in [0.05, 0.1) is 17.7 Å². The minimum atomic E-state index is -0.962. The monoisotopic (exact) mass is 454 g/mol. The number of piperidine rings is 1. The number of imide groups is 2. The van der Waals surface area contributed by atoms with Gasteiger partial charge in [-0.2, -0.15) is 0 Å². The minimum Gasteiger partial charge on any atom is -0.493 e. The number of ether oxygens (including phenoxy) is 1. The largest absolute Gasteiger partial charge is 0.493 e. The lowest BCUT2D eigenvalue weighted by Gasteiger charge is -2.27. The highest BCUT2D eigenvalue weighted by atomic mass is 16.5. The summed E-state index contributed by atoms with van der Waals surface area (Å²) in [6.07, 6.45) is 14.4. The number of nitrogens with one attached hydrogen (secondary N) is 1. The molecular formula is C26H34N2O5. The molecule has 1 saturated carbocycles. The van der Waals surface area contributed by atoms with Crippen LogP contribution >= 0.6 is 0 Å². The summed E-state index contributed by atoms with van der Waals surface area (Å²) in [6.45, 7) is 0.486. The smallest absolute Gasteiger partial charge is 0.266 e. The van der Waals surface area contributed by atoms with E-state index in [1.165, 1.54) is 57.8 Å². The van der Waals surface area contributed by atoms with Crippen molar-refractivity contribution in [1.82, 2.24) is 10.2 Å². The van der Waals surface area contributed by atoms with Gasteiger partial charge in [0.1, 0.15) is 11.8 Å². The Hall–Kier alpha value is -2.70. The Kier molecular flexibility index (Phi) is 7.78. The first kappa shape index (κ1) is 23.5. The molecule has 7 heteroatoms. The molecule has 2 aliphatic heterocycles. The van der Waals surface area contributed by atoms with Crippen molar-refractivity contribution in [3.05, 3.63) is 29.3 Å². The molecule has 1 atom stereocenters. The van der Waals surface area contributed by atoms with Gasteiger partial charge in [-0.05, 0) is 30.9 Å². The van der Waals surface area contributed by atoms with Gasteiger partial charge in [0, 0.05) is 6.42 Å². The van der Waals surface area contributed by atoms with Gasteiger partial charge in [-0.25, -0.2) is 0 Å². The third-order valence-electron chi connectivity index (χ3n) is 7.17. The highest BCUT2D eigenvalue weighted by molar-refractivity contribution is 6.24. The first-order valence-electron chi connectivity index (χ1n) is 12.5. The highest BCUT2D eigenvalue weighted by Gasteiger charge is 2.45. The van der Waals surface area contributed by atoms with Crippen molar-refractivity contribution >= 4 is 23.6 Å². The number of carbonyl (C=O) groups excluding carboxylic acids is 4. The summed E-state index contributed by atoms with van der Waals surface area (Å²) in [5.41, 5.74) is 0.478. The molecule has 1 aromatic rings. The lowest BCUT2D eigenvalue weighted by atomic mass is 9.94. The molecule has 33 heavy (non-hydrogen) atoms. The molecule has 178 valence electrons. The lowest BCUT2D eigenvalue weighted by Crippen LogP contribution is -2.54. The van der Waals surface area contributed by atoms with Gasteiger partial charge in [-0.1, -0.05) is 70.3 Å². The lowest BCUT2D eigenvalue weighted by molar-refractivity contribution is -0.136. The summed E-state index contributed by atoms with van der Waals surface area (Å²) < 4.78 is 5.91. The topological polar surface area (TPSA) is 92.8 Å². The van der Waals surface area contributed by atoms with Crippen LogP contribution in [0.1, 0.15) is 104 Å². The normalized spacial score (nSPS) is 21.7. The van der Waals surface area contributed by atoms with E-state index in [0.717, 1.165) is 23.7 Å². The first-order valence-corrected chi connectivity index (χ1v) is 12.5. The van der Waals surface area contributed by atoms with Crippen LogP contribution in [-0.2, 0) is 9.59 Å². The number of hydrogen-bond donors (Lipinski definition) is 1. The van der Waals surface area contributed by atoms with Gasteiger partial charge in [0.2, 0.25) is 11.8 Å². The summed E-state index contributed by atoms with van der Waals surface area (Å²) in [5, 5.41) is 2.22. The summed E-state index contributed by atoms with van der Waals surface area (Å²) in [7, 11) is 0. The Balaban J connectivity index is 1.26. The second-order valence-electron chi connectivity index (χ2n) is 9.53. The van der Waals surface area contributed by atoms with Gasteiger partial charge in [-0.3, -0.25) is 29.4 Å². The molecule has 1 aliphatic carbocycles. The van der Waals surface area contributed by atoms with E-state index in [1.54, 1.807) is 18.2 Å². The van der Waals surface area contributed by atoms with Crippen LogP contribution in [0.4, 0.5) is 0 Å². The van der Waals surface area contributed by atoms with E-state index < -0.39 is 23.8 Å². The van der Waals surface area contributed by atoms with Crippen LogP contribution in [0.25, 0.3) is 0 Å². The third kappa shape index (κ3) is 5.45. The van der Waals surface area contributed by atoms with Crippen molar-refractivity contribution in [3.63, 3.8) is 0 Å². The van der Waals surface area contributed by atoms with Crippen molar-refractivity contribution in [2.75, 3.05) is 6.61 Å². The summed E-state index contributed by atoms with van der Waals surface area (Å²) in [5.74, 6) is -0.722. The summed E-state index contributed by atoms with van der Waals surface area (Å²) >= 11 is 0. The molecule has 0 bridgehead atoms. The molecule has 2 heterocycles. The molecule has 3 aliphatic rings. The second-order valence-corrected chi connectivity index (χ2v) is 9.53. The SMILES string of the molecule is O=C1CCC(N2C(=O)c3cccc(OCCCCCCC4CCCCCC4)c3C2=O)C(=O)N1. The zero-order valence-electron chi connectivity index (χ0n) is 19.3. The van der Waals surface area contributed by atoms with E-state index in [4.69, 9.17) is 4.74 Å². The molecule has 1 N–H and O–H groups in total. The van der Waals surface area contributed by atoms with E-state index >= 15 is 0 Å². The number of unbranched alkanes of at least 4 members (excludes halogenated alkanes) is 3. The molecule has 1 unspecified atom stereocenters. The molecule has 2 fully saturated rings. The molecule has 0 aromatic heterocycles. The predicted octanol–water partition coefficient (Wildman–Crippen LogP) is 4.39. The molecular weight excluding hydrogens is 420 g/mol.